The summed E-state index contributed by atoms with van der Waals surface area (Å²) in [5.41, 5.74) is 2.65. The fourth-order valence-electron chi connectivity index (χ4n) is 2.34. The van der Waals surface area contributed by atoms with Gasteiger partial charge in [0.2, 0.25) is 5.89 Å². The minimum Gasteiger partial charge on any atom is -0.411 e. The Morgan fingerprint density at radius 2 is 1.96 bits per heavy atom. The van der Waals surface area contributed by atoms with Crippen molar-refractivity contribution < 1.29 is 9.21 Å². The molecule has 4 nitrogen and oxygen atoms in total. The van der Waals surface area contributed by atoms with Crippen LogP contribution in [0.5, 0.6) is 0 Å². The van der Waals surface area contributed by atoms with Crippen LogP contribution in [0.15, 0.2) is 58.2 Å². The van der Waals surface area contributed by atoms with Crippen LogP contribution in [0, 0.1) is 0 Å². The fraction of sp³-hybridized carbons (Fsp3) is 0.211. The van der Waals surface area contributed by atoms with Crippen molar-refractivity contribution in [1.29, 1.82) is 0 Å². The fourth-order valence-corrected chi connectivity index (χ4v) is 3.29. The number of rotatable bonds is 6. The third-order valence-electron chi connectivity index (χ3n) is 3.77. The van der Waals surface area contributed by atoms with Crippen LogP contribution in [0.3, 0.4) is 0 Å². The first-order chi connectivity index (χ1) is 12.1. The number of halogens is 1. The summed E-state index contributed by atoms with van der Waals surface area (Å²) >= 11 is 7.23. The van der Waals surface area contributed by atoms with E-state index in [0.29, 0.717) is 21.7 Å². The number of hydrogen-bond donors (Lipinski definition) is 0. The minimum atomic E-state index is -0.319. The highest BCUT2D eigenvalue weighted by molar-refractivity contribution is 8.00. The SMILES string of the molecule is CCc1ccc(C(=O)C(C)Sc2nnc(-c3cccc(Cl)c3)o2)cc1. The van der Waals surface area contributed by atoms with Gasteiger partial charge >= 0.3 is 0 Å². The first kappa shape index (κ1) is 17.7. The Morgan fingerprint density at radius 3 is 2.64 bits per heavy atom. The molecule has 0 radical (unpaired) electrons. The maximum absolute atomic E-state index is 12.5. The quantitative estimate of drug-likeness (QED) is 0.433. The molecule has 0 N–H and O–H groups in total. The summed E-state index contributed by atoms with van der Waals surface area (Å²) in [4.78, 5) is 12.5. The Balaban J connectivity index is 1.70. The van der Waals surface area contributed by atoms with Crippen molar-refractivity contribution in [3.8, 4) is 11.5 Å². The zero-order valence-corrected chi connectivity index (χ0v) is 15.5. The second-order valence-corrected chi connectivity index (χ2v) is 7.29. The third-order valence-corrected chi connectivity index (χ3v) is 4.94. The number of carbonyl (C=O) groups excluding carboxylic acids is 1. The number of ketones is 1. The van der Waals surface area contributed by atoms with Crippen molar-refractivity contribution in [2.75, 3.05) is 0 Å². The molecule has 0 fully saturated rings. The molecule has 0 aliphatic rings. The predicted octanol–water partition coefficient (Wildman–Crippen LogP) is 5.32. The largest absolute Gasteiger partial charge is 0.411 e. The van der Waals surface area contributed by atoms with E-state index in [0.717, 1.165) is 12.0 Å². The summed E-state index contributed by atoms with van der Waals surface area (Å²) in [6.45, 7) is 3.92. The van der Waals surface area contributed by atoms with Gasteiger partial charge in [-0.2, -0.15) is 0 Å². The molecule has 6 heteroatoms. The Morgan fingerprint density at radius 1 is 1.20 bits per heavy atom. The first-order valence-corrected chi connectivity index (χ1v) is 9.22. The Labute approximate surface area is 155 Å². The number of aryl methyl sites for hydroxylation is 1. The molecule has 0 saturated heterocycles. The van der Waals surface area contributed by atoms with Crippen LogP contribution in [0.2, 0.25) is 5.02 Å². The van der Waals surface area contributed by atoms with Gasteiger partial charge in [0.15, 0.2) is 5.78 Å². The number of nitrogens with zero attached hydrogens (tertiary/aromatic N) is 2. The molecule has 3 rings (SSSR count). The molecule has 0 saturated carbocycles. The van der Waals surface area contributed by atoms with Gasteiger partial charge in [-0.15, -0.1) is 10.2 Å². The number of carbonyl (C=O) groups is 1. The normalized spacial score (nSPS) is 12.1. The number of thioether (sulfide) groups is 1. The number of benzene rings is 2. The maximum atomic E-state index is 12.5. The van der Waals surface area contributed by atoms with Crippen molar-refractivity contribution in [3.05, 3.63) is 64.7 Å². The highest BCUT2D eigenvalue weighted by Crippen LogP contribution is 2.28. The number of hydrogen-bond acceptors (Lipinski definition) is 5. The molecule has 2 aromatic carbocycles. The van der Waals surface area contributed by atoms with Gasteiger partial charge in [-0.25, -0.2) is 0 Å². The molecular formula is C19H17ClN2O2S. The number of aromatic nitrogens is 2. The zero-order valence-electron chi connectivity index (χ0n) is 13.9. The Kier molecular flexibility index (Phi) is 5.56. The van der Waals surface area contributed by atoms with Crippen LogP contribution in [0.1, 0.15) is 29.8 Å². The van der Waals surface area contributed by atoms with E-state index in [1.54, 1.807) is 12.1 Å². The van der Waals surface area contributed by atoms with Crippen LogP contribution in [0.25, 0.3) is 11.5 Å². The van der Waals surface area contributed by atoms with Gasteiger partial charge in [0.05, 0.1) is 5.25 Å². The van der Waals surface area contributed by atoms with Gasteiger partial charge < -0.3 is 4.42 Å². The average Bonchev–Trinajstić information content (AvgIpc) is 3.09. The molecule has 128 valence electrons. The molecule has 0 aliphatic heterocycles. The van der Waals surface area contributed by atoms with Crippen molar-refractivity contribution in [3.63, 3.8) is 0 Å². The van der Waals surface area contributed by atoms with Crippen LogP contribution < -0.4 is 0 Å². The molecule has 0 bridgehead atoms. The molecule has 0 aliphatic carbocycles. The van der Waals surface area contributed by atoms with Crippen molar-refractivity contribution in [1.82, 2.24) is 10.2 Å². The lowest BCUT2D eigenvalue weighted by molar-refractivity contribution is 0.0993. The van der Waals surface area contributed by atoms with E-state index < -0.39 is 0 Å². The first-order valence-electron chi connectivity index (χ1n) is 7.96. The van der Waals surface area contributed by atoms with Gasteiger partial charge in [0, 0.05) is 16.1 Å². The summed E-state index contributed by atoms with van der Waals surface area (Å²) in [7, 11) is 0. The van der Waals surface area contributed by atoms with Crippen LogP contribution >= 0.6 is 23.4 Å². The molecule has 1 heterocycles. The van der Waals surface area contributed by atoms with Gasteiger partial charge in [0.1, 0.15) is 0 Å². The molecule has 3 aromatic rings. The smallest absolute Gasteiger partial charge is 0.277 e. The van der Waals surface area contributed by atoms with Crippen molar-refractivity contribution in [2.45, 2.75) is 30.7 Å². The van der Waals surface area contributed by atoms with Crippen molar-refractivity contribution in [2.24, 2.45) is 0 Å². The molecule has 0 spiro atoms. The molecular weight excluding hydrogens is 356 g/mol. The van der Waals surface area contributed by atoms with Gasteiger partial charge in [-0.05, 0) is 37.1 Å². The topological polar surface area (TPSA) is 56.0 Å². The standard InChI is InChI=1S/C19H17ClN2O2S/c1-3-13-7-9-14(10-8-13)17(23)12(2)25-19-22-21-18(24-19)15-5-4-6-16(20)11-15/h4-12H,3H2,1-2H3. The van der Waals surface area contributed by atoms with E-state index in [1.807, 2.05) is 43.3 Å². The monoisotopic (exact) mass is 372 g/mol. The molecule has 1 atom stereocenters. The minimum absolute atomic E-state index is 0.0372. The summed E-state index contributed by atoms with van der Waals surface area (Å²) < 4.78 is 5.65. The van der Waals surface area contributed by atoms with E-state index in [2.05, 4.69) is 17.1 Å². The number of Topliss-reactive ketones (excluding diaryl/α,β-unsaturated/α-hetero) is 1. The highest BCUT2D eigenvalue weighted by Gasteiger charge is 2.20. The van der Waals surface area contributed by atoms with E-state index >= 15 is 0 Å². The van der Waals surface area contributed by atoms with Gasteiger partial charge in [-0.1, -0.05) is 60.6 Å². The second kappa shape index (κ2) is 7.85. The maximum Gasteiger partial charge on any atom is 0.277 e. The van der Waals surface area contributed by atoms with Crippen LogP contribution in [-0.4, -0.2) is 21.2 Å². The zero-order chi connectivity index (χ0) is 17.8. The summed E-state index contributed by atoms with van der Waals surface area (Å²) in [5, 5.41) is 8.69. The Bertz CT molecular complexity index is 877. The summed E-state index contributed by atoms with van der Waals surface area (Å²) in [6.07, 6.45) is 0.951. The molecule has 1 aromatic heterocycles. The average molecular weight is 373 g/mol. The van der Waals surface area contributed by atoms with Gasteiger partial charge in [-0.3, -0.25) is 4.79 Å². The van der Waals surface area contributed by atoms with Crippen LogP contribution in [-0.2, 0) is 6.42 Å². The summed E-state index contributed by atoms with van der Waals surface area (Å²) in [6, 6.07) is 14.9. The van der Waals surface area contributed by atoms with E-state index in [1.165, 1.54) is 17.3 Å². The van der Waals surface area contributed by atoms with Crippen molar-refractivity contribution >= 4 is 29.1 Å². The van der Waals surface area contributed by atoms with Crippen LogP contribution in [0.4, 0.5) is 0 Å². The van der Waals surface area contributed by atoms with Gasteiger partial charge in [0.25, 0.3) is 5.22 Å². The lowest BCUT2D eigenvalue weighted by atomic mass is 10.1. The lowest BCUT2D eigenvalue weighted by Gasteiger charge is -2.08. The molecule has 25 heavy (non-hydrogen) atoms. The molecule has 1 unspecified atom stereocenters. The van der Waals surface area contributed by atoms with E-state index in [-0.39, 0.29) is 11.0 Å². The van der Waals surface area contributed by atoms with E-state index in [4.69, 9.17) is 16.0 Å². The summed E-state index contributed by atoms with van der Waals surface area (Å²) in [5.74, 6) is 0.423. The Hall–Kier alpha value is -2.11. The third kappa shape index (κ3) is 4.30. The lowest BCUT2D eigenvalue weighted by Crippen LogP contribution is -2.13. The predicted molar refractivity (Wildman–Crippen MR) is 100 cm³/mol. The second-order valence-electron chi connectivity index (χ2n) is 5.56. The molecule has 0 amide bonds. The highest BCUT2D eigenvalue weighted by atomic mass is 35.5. The van der Waals surface area contributed by atoms with E-state index in [9.17, 15) is 4.79 Å².